The average molecular weight is 268 g/mol. The number of methoxy groups -OCH3 is 2. The van der Waals surface area contributed by atoms with E-state index in [0.717, 1.165) is 23.1 Å². The molecule has 0 aromatic heterocycles. The van der Waals surface area contributed by atoms with Crippen LogP contribution in [0.3, 0.4) is 0 Å². The molecule has 0 N–H and O–H groups in total. The van der Waals surface area contributed by atoms with Gasteiger partial charge in [0.25, 0.3) is 0 Å². The fourth-order valence-electron chi connectivity index (χ4n) is 2.67. The maximum atomic E-state index is 12.5. The van der Waals surface area contributed by atoms with Crippen molar-refractivity contribution in [2.24, 2.45) is 0 Å². The van der Waals surface area contributed by atoms with Crippen molar-refractivity contribution in [2.45, 2.75) is 13.3 Å². The van der Waals surface area contributed by atoms with E-state index in [1.165, 1.54) is 5.56 Å². The summed E-state index contributed by atoms with van der Waals surface area (Å²) >= 11 is 0. The number of hydrogen-bond acceptors (Lipinski definition) is 3. The Kier molecular flexibility index (Phi) is 2.97. The summed E-state index contributed by atoms with van der Waals surface area (Å²) in [4.78, 5) is 12.5. The highest BCUT2D eigenvalue weighted by atomic mass is 16.5. The van der Waals surface area contributed by atoms with E-state index in [0.29, 0.717) is 17.1 Å². The summed E-state index contributed by atoms with van der Waals surface area (Å²) in [6.45, 7) is 2.08. The normalized spacial score (nSPS) is 12.1. The molecular formula is C17H16O3. The minimum absolute atomic E-state index is 0.0613. The summed E-state index contributed by atoms with van der Waals surface area (Å²) in [5.74, 6) is 1.29. The fourth-order valence-corrected chi connectivity index (χ4v) is 2.67. The van der Waals surface area contributed by atoms with Gasteiger partial charge in [-0.25, -0.2) is 0 Å². The smallest absolute Gasteiger partial charge is 0.194 e. The van der Waals surface area contributed by atoms with E-state index >= 15 is 0 Å². The van der Waals surface area contributed by atoms with Crippen molar-refractivity contribution in [3.05, 3.63) is 47.0 Å². The maximum Gasteiger partial charge on any atom is 0.194 e. The number of rotatable bonds is 3. The van der Waals surface area contributed by atoms with Crippen LogP contribution in [-0.2, 0) is 6.42 Å². The minimum atomic E-state index is 0.0613. The third kappa shape index (κ3) is 1.70. The molecule has 0 atom stereocenters. The number of carbonyl (C=O) groups excluding carboxylic acids is 1. The van der Waals surface area contributed by atoms with Gasteiger partial charge in [-0.15, -0.1) is 0 Å². The molecular weight excluding hydrogens is 252 g/mol. The lowest BCUT2D eigenvalue weighted by Gasteiger charge is -2.09. The van der Waals surface area contributed by atoms with Crippen molar-refractivity contribution >= 4 is 5.78 Å². The van der Waals surface area contributed by atoms with E-state index in [-0.39, 0.29) is 5.78 Å². The number of ether oxygens (including phenoxy) is 2. The highest BCUT2D eigenvalue weighted by molar-refractivity contribution is 6.22. The van der Waals surface area contributed by atoms with Gasteiger partial charge < -0.3 is 9.47 Å². The molecule has 1 aliphatic carbocycles. The van der Waals surface area contributed by atoms with Crippen molar-refractivity contribution in [2.75, 3.05) is 14.2 Å². The van der Waals surface area contributed by atoms with E-state index < -0.39 is 0 Å². The Morgan fingerprint density at radius 1 is 0.850 bits per heavy atom. The molecule has 0 fully saturated rings. The summed E-state index contributed by atoms with van der Waals surface area (Å²) in [6, 6.07) is 9.71. The second-order valence-electron chi connectivity index (χ2n) is 4.82. The highest BCUT2D eigenvalue weighted by Crippen LogP contribution is 2.42. The van der Waals surface area contributed by atoms with Gasteiger partial charge in [0.05, 0.1) is 14.2 Å². The summed E-state index contributed by atoms with van der Waals surface area (Å²) in [6.07, 6.45) is 0.920. The molecule has 0 saturated carbocycles. The average Bonchev–Trinajstić information content (AvgIpc) is 2.77. The van der Waals surface area contributed by atoms with Gasteiger partial charge in [-0.3, -0.25) is 4.79 Å². The molecule has 0 saturated heterocycles. The number of hydrogen-bond donors (Lipinski definition) is 0. The standard InChI is InChI=1S/C17H16O3/c1-4-10-5-6-11-12-8-15(19-2)16(20-3)9-14(12)17(18)13(11)7-10/h5-9H,4H2,1-3H3. The second kappa shape index (κ2) is 4.67. The number of benzene rings is 2. The molecule has 0 amide bonds. The van der Waals surface area contributed by atoms with Crippen molar-refractivity contribution in [1.82, 2.24) is 0 Å². The summed E-state index contributed by atoms with van der Waals surface area (Å²) in [7, 11) is 3.17. The van der Waals surface area contributed by atoms with Crippen molar-refractivity contribution in [1.29, 1.82) is 0 Å². The van der Waals surface area contributed by atoms with E-state index in [1.54, 1.807) is 20.3 Å². The van der Waals surface area contributed by atoms with E-state index in [1.807, 2.05) is 18.2 Å². The maximum absolute atomic E-state index is 12.5. The van der Waals surface area contributed by atoms with Gasteiger partial charge in [-0.2, -0.15) is 0 Å². The zero-order valence-electron chi connectivity index (χ0n) is 11.8. The number of ketones is 1. The van der Waals surface area contributed by atoms with Crippen LogP contribution < -0.4 is 9.47 Å². The van der Waals surface area contributed by atoms with Crippen LogP contribution in [-0.4, -0.2) is 20.0 Å². The first kappa shape index (κ1) is 12.7. The topological polar surface area (TPSA) is 35.5 Å². The van der Waals surface area contributed by atoms with Crippen molar-refractivity contribution < 1.29 is 14.3 Å². The first-order valence-corrected chi connectivity index (χ1v) is 6.63. The molecule has 3 heteroatoms. The van der Waals surface area contributed by atoms with Crippen LogP contribution in [0, 0.1) is 0 Å². The molecule has 20 heavy (non-hydrogen) atoms. The summed E-state index contributed by atoms with van der Waals surface area (Å²) in [5, 5.41) is 0. The second-order valence-corrected chi connectivity index (χ2v) is 4.82. The molecule has 0 heterocycles. The van der Waals surface area contributed by atoms with Crippen LogP contribution in [0.4, 0.5) is 0 Å². The van der Waals surface area contributed by atoms with Gasteiger partial charge in [0.1, 0.15) is 0 Å². The predicted molar refractivity (Wildman–Crippen MR) is 77.8 cm³/mol. The molecule has 3 nitrogen and oxygen atoms in total. The Labute approximate surface area is 118 Å². The zero-order chi connectivity index (χ0) is 14.3. The fraction of sp³-hybridized carbons (Fsp3) is 0.235. The monoisotopic (exact) mass is 268 g/mol. The number of aryl methyl sites for hydroxylation is 1. The molecule has 2 aromatic rings. The largest absolute Gasteiger partial charge is 0.493 e. The lowest BCUT2D eigenvalue weighted by Crippen LogP contribution is -1.98. The van der Waals surface area contributed by atoms with E-state index in [2.05, 4.69) is 13.0 Å². The molecule has 0 bridgehead atoms. The van der Waals surface area contributed by atoms with Gasteiger partial charge >= 0.3 is 0 Å². The van der Waals surface area contributed by atoms with Gasteiger partial charge in [0.2, 0.25) is 0 Å². The Balaban J connectivity index is 2.23. The molecule has 3 rings (SSSR count). The first-order chi connectivity index (χ1) is 9.69. The SMILES string of the molecule is CCc1ccc2c(c1)C(=O)c1cc(OC)c(OC)cc1-2. The molecule has 1 aliphatic rings. The lowest BCUT2D eigenvalue weighted by molar-refractivity contribution is 0.104. The van der Waals surface area contributed by atoms with Gasteiger partial charge in [0, 0.05) is 11.1 Å². The molecule has 2 aromatic carbocycles. The lowest BCUT2D eigenvalue weighted by atomic mass is 10.0. The van der Waals surface area contributed by atoms with Gasteiger partial charge in [-0.05, 0) is 41.3 Å². The number of fused-ring (bicyclic) bond motifs is 3. The number of carbonyl (C=O) groups is 1. The van der Waals surface area contributed by atoms with Crippen LogP contribution in [0.1, 0.15) is 28.4 Å². The van der Waals surface area contributed by atoms with E-state index in [9.17, 15) is 4.79 Å². The highest BCUT2D eigenvalue weighted by Gasteiger charge is 2.28. The van der Waals surface area contributed by atoms with Crippen molar-refractivity contribution in [3.8, 4) is 22.6 Å². The zero-order valence-corrected chi connectivity index (χ0v) is 11.8. The Morgan fingerprint density at radius 3 is 2.05 bits per heavy atom. The third-order valence-electron chi connectivity index (χ3n) is 3.80. The Hall–Kier alpha value is -2.29. The van der Waals surface area contributed by atoms with Gasteiger partial charge in [0.15, 0.2) is 17.3 Å². The quantitative estimate of drug-likeness (QED) is 0.729. The molecule has 0 aliphatic heterocycles. The Morgan fingerprint density at radius 2 is 1.45 bits per heavy atom. The molecule has 0 unspecified atom stereocenters. The molecule has 0 spiro atoms. The minimum Gasteiger partial charge on any atom is -0.493 e. The summed E-state index contributed by atoms with van der Waals surface area (Å²) in [5.41, 5.74) is 4.53. The van der Waals surface area contributed by atoms with Crippen LogP contribution in [0.5, 0.6) is 11.5 Å². The van der Waals surface area contributed by atoms with Crippen LogP contribution in [0.15, 0.2) is 30.3 Å². The first-order valence-electron chi connectivity index (χ1n) is 6.63. The molecule has 0 radical (unpaired) electrons. The Bertz CT molecular complexity index is 702. The summed E-state index contributed by atoms with van der Waals surface area (Å²) < 4.78 is 10.6. The van der Waals surface area contributed by atoms with E-state index in [4.69, 9.17) is 9.47 Å². The molecule has 102 valence electrons. The van der Waals surface area contributed by atoms with Gasteiger partial charge in [-0.1, -0.05) is 19.1 Å². The predicted octanol–water partition coefficient (Wildman–Crippen LogP) is 3.48. The van der Waals surface area contributed by atoms with Crippen molar-refractivity contribution in [3.63, 3.8) is 0 Å². The van der Waals surface area contributed by atoms with Crippen LogP contribution >= 0.6 is 0 Å². The van der Waals surface area contributed by atoms with Crippen LogP contribution in [0.2, 0.25) is 0 Å². The third-order valence-corrected chi connectivity index (χ3v) is 3.80. The van der Waals surface area contributed by atoms with Crippen LogP contribution in [0.25, 0.3) is 11.1 Å².